The molecule has 0 aliphatic carbocycles. The summed E-state index contributed by atoms with van der Waals surface area (Å²) in [5, 5.41) is 0. The summed E-state index contributed by atoms with van der Waals surface area (Å²) in [6.45, 7) is 10.6. The Morgan fingerprint density at radius 2 is 1.50 bits per heavy atom. The summed E-state index contributed by atoms with van der Waals surface area (Å²) in [5.74, 6) is 0. The van der Waals surface area contributed by atoms with Crippen molar-refractivity contribution in [3.05, 3.63) is 54.1 Å². The Labute approximate surface area is 146 Å². The summed E-state index contributed by atoms with van der Waals surface area (Å²) < 4.78 is 12.4. The van der Waals surface area contributed by atoms with Crippen molar-refractivity contribution in [2.75, 3.05) is 0 Å². The van der Waals surface area contributed by atoms with Crippen LogP contribution in [0.15, 0.2) is 48.5 Å². The number of rotatable bonds is 4. The topological polar surface area (TPSA) is 18.5 Å². The van der Waals surface area contributed by atoms with Crippen molar-refractivity contribution in [1.82, 2.24) is 0 Å². The van der Waals surface area contributed by atoms with Crippen LogP contribution < -0.4 is 5.46 Å². The molecule has 1 fully saturated rings. The van der Waals surface area contributed by atoms with Crippen LogP contribution in [-0.4, -0.2) is 18.3 Å². The minimum Gasteiger partial charge on any atom is -0.399 e. The predicted octanol–water partition coefficient (Wildman–Crippen LogP) is 4.61. The highest BCUT2D eigenvalue weighted by molar-refractivity contribution is 6.62. The second-order valence-corrected chi connectivity index (χ2v) is 7.62. The van der Waals surface area contributed by atoms with Crippen molar-refractivity contribution in [2.45, 2.75) is 58.7 Å². The van der Waals surface area contributed by atoms with Crippen molar-refractivity contribution < 1.29 is 9.31 Å². The lowest BCUT2D eigenvalue weighted by Gasteiger charge is -2.32. The molecule has 1 aliphatic rings. The molecular formula is C21H27BO2. The van der Waals surface area contributed by atoms with Crippen LogP contribution in [0.5, 0.6) is 0 Å². The van der Waals surface area contributed by atoms with Crippen molar-refractivity contribution in [2.24, 2.45) is 0 Å². The Morgan fingerprint density at radius 3 is 2.08 bits per heavy atom. The van der Waals surface area contributed by atoms with Crippen LogP contribution in [0.25, 0.3) is 11.1 Å². The van der Waals surface area contributed by atoms with Gasteiger partial charge in [0.25, 0.3) is 0 Å². The zero-order chi connectivity index (χ0) is 17.4. The summed E-state index contributed by atoms with van der Waals surface area (Å²) in [5.41, 5.74) is 4.42. The Hall–Kier alpha value is -1.58. The van der Waals surface area contributed by atoms with E-state index in [0.29, 0.717) is 0 Å². The number of benzene rings is 2. The summed E-state index contributed by atoms with van der Waals surface area (Å²) >= 11 is 0. The van der Waals surface area contributed by atoms with E-state index in [4.69, 9.17) is 9.31 Å². The van der Waals surface area contributed by atoms with E-state index < -0.39 is 0 Å². The first-order valence-electron chi connectivity index (χ1n) is 8.88. The maximum Gasteiger partial charge on any atom is 0.494 e. The largest absolute Gasteiger partial charge is 0.494 e. The van der Waals surface area contributed by atoms with Crippen LogP contribution in [0.2, 0.25) is 0 Å². The molecule has 0 amide bonds. The van der Waals surface area contributed by atoms with Gasteiger partial charge in [0.05, 0.1) is 11.2 Å². The van der Waals surface area contributed by atoms with Crippen molar-refractivity contribution in [1.29, 1.82) is 0 Å². The fourth-order valence-electron chi connectivity index (χ4n) is 3.11. The van der Waals surface area contributed by atoms with E-state index in [1.165, 1.54) is 16.7 Å². The predicted molar refractivity (Wildman–Crippen MR) is 102 cm³/mol. The lowest BCUT2D eigenvalue weighted by molar-refractivity contribution is 0.00578. The molecule has 0 bridgehead atoms. The minimum absolute atomic E-state index is 0.296. The van der Waals surface area contributed by atoms with Gasteiger partial charge in [-0.25, -0.2) is 0 Å². The van der Waals surface area contributed by atoms with E-state index in [1.807, 2.05) is 0 Å². The lowest BCUT2D eigenvalue weighted by Crippen LogP contribution is -2.41. The van der Waals surface area contributed by atoms with Crippen LogP contribution in [0, 0.1) is 0 Å². The first-order valence-corrected chi connectivity index (χ1v) is 8.88. The molecule has 2 nitrogen and oxygen atoms in total. The van der Waals surface area contributed by atoms with Crippen molar-refractivity contribution in [3.63, 3.8) is 0 Å². The molecule has 0 N–H and O–H groups in total. The third-order valence-electron chi connectivity index (χ3n) is 5.26. The summed E-state index contributed by atoms with van der Waals surface area (Å²) in [7, 11) is -0.296. The molecule has 126 valence electrons. The van der Waals surface area contributed by atoms with Crippen LogP contribution in [0.1, 0.15) is 46.6 Å². The quantitative estimate of drug-likeness (QED) is 0.766. The minimum atomic E-state index is -0.305. The Morgan fingerprint density at radius 1 is 0.875 bits per heavy atom. The third kappa shape index (κ3) is 3.15. The molecule has 1 aliphatic heterocycles. The van der Waals surface area contributed by atoms with Gasteiger partial charge in [0.1, 0.15) is 0 Å². The zero-order valence-corrected chi connectivity index (χ0v) is 15.4. The van der Waals surface area contributed by atoms with Gasteiger partial charge >= 0.3 is 7.12 Å². The van der Waals surface area contributed by atoms with Crippen LogP contribution in [-0.2, 0) is 15.7 Å². The highest BCUT2D eigenvalue weighted by atomic mass is 16.7. The van der Waals surface area contributed by atoms with Gasteiger partial charge < -0.3 is 9.31 Å². The van der Waals surface area contributed by atoms with Gasteiger partial charge in [0, 0.05) is 0 Å². The van der Waals surface area contributed by atoms with E-state index in [2.05, 4.69) is 83.1 Å². The summed E-state index contributed by atoms with van der Waals surface area (Å²) in [6.07, 6.45) is 2.17. The molecule has 2 aromatic rings. The van der Waals surface area contributed by atoms with Crippen molar-refractivity contribution in [3.8, 4) is 11.1 Å². The Kier molecular flexibility index (Phi) is 4.59. The maximum atomic E-state index is 6.21. The first-order chi connectivity index (χ1) is 11.3. The van der Waals surface area contributed by atoms with Gasteiger partial charge in [-0.3, -0.25) is 0 Å². The van der Waals surface area contributed by atoms with Crippen LogP contribution >= 0.6 is 0 Å². The van der Waals surface area contributed by atoms with Gasteiger partial charge in [0.15, 0.2) is 0 Å². The molecule has 0 atom stereocenters. The highest BCUT2D eigenvalue weighted by Gasteiger charge is 2.51. The summed E-state index contributed by atoms with van der Waals surface area (Å²) in [6, 6.07) is 17.2. The fourth-order valence-corrected chi connectivity index (χ4v) is 3.11. The van der Waals surface area contributed by atoms with Gasteiger partial charge in [-0.15, -0.1) is 0 Å². The van der Waals surface area contributed by atoms with E-state index in [-0.39, 0.29) is 18.3 Å². The second-order valence-electron chi connectivity index (χ2n) is 7.62. The van der Waals surface area contributed by atoms with E-state index in [1.54, 1.807) is 0 Å². The molecule has 0 unspecified atom stereocenters. The lowest BCUT2D eigenvalue weighted by atomic mass is 9.77. The molecule has 0 spiro atoms. The van der Waals surface area contributed by atoms with Crippen molar-refractivity contribution >= 4 is 12.6 Å². The monoisotopic (exact) mass is 322 g/mol. The normalized spacial score (nSPS) is 18.8. The third-order valence-corrected chi connectivity index (χ3v) is 5.26. The zero-order valence-electron chi connectivity index (χ0n) is 15.4. The highest BCUT2D eigenvalue weighted by Crippen LogP contribution is 2.36. The van der Waals surface area contributed by atoms with Crippen LogP contribution in [0.4, 0.5) is 0 Å². The van der Waals surface area contributed by atoms with Gasteiger partial charge in [-0.05, 0) is 56.3 Å². The van der Waals surface area contributed by atoms with Gasteiger partial charge in [-0.2, -0.15) is 0 Å². The molecular weight excluding hydrogens is 295 g/mol. The second kappa shape index (κ2) is 6.38. The SMILES string of the molecule is CCCc1cc(B2OC(C)(C)C(C)(C)O2)ccc1-c1ccccc1. The smallest absolute Gasteiger partial charge is 0.399 e. The van der Waals surface area contributed by atoms with Gasteiger partial charge in [0.2, 0.25) is 0 Å². The number of aryl methyl sites for hydroxylation is 1. The molecule has 2 aromatic carbocycles. The Bertz CT molecular complexity index is 691. The molecule has 0 saturated carbocycles. The molecule has 3 heteroatoms. The van der Waals surface area contributed by atoms with E-state index in [9.17, 15) is 0 Å². The molecule has 3 rings (SSSR count). The molecule has 0 radical (unpaired) electrons. The Balaban J connectivity index is 1.96. The standard InChI is InChI=1S/C21H27BO2/c1-6-10-17-15-18(22-23-20(2,3)21(4,5)24-22)13-14-19(17)16-11-8-7-9-12-16/h7-9,11-15H,6,10H2,1-5H3. The number of hydrogen-bond donors (Lipinski definition) is 0. The first kappa shape index (κ1) is 17.3. The molecule has 1 heterocycles. The van der Waals surface area contributed by atoms with Gasteiger partial charge in [-0.1, -0.05) is 61.9 Å². The summed E-state index contributed by atoms with van der Waals surface area (Å²) in [4.78, 5) is 0. The number of hydrogen-bond acceptors (Lipinski definition) is 2. The van der Waals surface area contributed by atoms with E-state index >= 15 is 0 Å². The maximum absolute atomic E-state index is 6.21. The average molecular weight is 322 g/mol. The van der Waals surface area contributed by atoms with E-state index in [0.717, 1.165) is 18.3 Å². The average Bonchev–Trinajstić information content (AvgIpc) is 2.76. The molecule has 1 saturated heterocycles. The molecule has 0 aromatic heterocycles. The fraction of sp³-hybridized carbons (Fsp3) is 0.429. The van der Waals surface area contributed by atoms with Crippen LogP contribution in [0.3, 0.4) is 0 Å². The molecule has 24 heavy (non-hydrogen) atoms.